The number of rotatable bonds is 66. The van der Waals surface area contributed by atoms with Crippen molar-refractivity contribution in [3.63, 3.8) is 0 Å². The molecule has 0 aromatic carbocycles. The SMILES string of the molecule is CCCCCCCCCCCCCCCCCCCCCC/C=C/CC/C=C/CC/C=C/C(O)C(COC1OC(CO)C(OC2OC(CO)C(OC3OC(CO)C(O)C(O)C3O)C(O)C2O)C(O)C1O)NC(=O)CCCCCCCCCCCCCCCCCCCCCCCCCCC. The van der Waals surface area contributed by atoms with Gasteiger partial charge in [-0.3, -0.25) is 4.79 Å². The van der Waals surface area contributed by atoms with Crippen molar-refractivity contribution in [1.29, 1.82) is 0 Å². The molecule has 0 aliphatic carbocycles. The monoisotopic (exact) mass is 1430 g/mol. The van der Waals surface area contributed by atoms with Crippen LogP contribution in [0.4, 0.5) is 0 Å². The summed E-state index contributed by atoms with van der Waals surface area (Å²) in [6, 6.07) is -0.996. The van der Waals surface area contributed by atoms with Gasteiger partial charge in [-0.1, -0.05) is 326 Å². The highest BCUT2D eigenvalue weighted by Crippen LogP contribution is 2.33. The number of aliphatic hydroxyl groups excluding tert-OH is 11. The van der Waals surface area contributed by atoms with Crippen molar-refractivity contribution >= 4 is 5.91 Å². The van der Waals surface area contributed by atoms with Crippen LogP contribution in [0.1, 0.15) is 341 Å². The highest BCUT2D eigenvalue weighted by Gasteiger charge is 2.54. The van der Waals surface area contributed by atoms with Gasteiger partial charge in [-0.15, -0.1) is 0 Å². The number of nitrogens with one attached hydrogen (secondary N) is 1. The van der Waals surface area contributed by atoms with E-state index in [1.165, 1.54) is 263 Å². The van der Waals surface area contributed by atoms with Crippen molar-refractivity contribution in [1.82, 2.24) is 5.32 Å². The lowest BCUT2D eigenvalue weighted by atomic mass is 9.96. The van der Waals surface area contributed by atoms with E-state index in [1.54, 1.807) is 6.08 Å². The molecule has 0 saturated carbocycles. The number of amides is 1. The van der Waals surface area contributed by atoms with E-state index in [9.17, 15) is 61.0 Å². The zero-order chi connectivity index (χ0) is 72.5. The summed E-state index contributed by atoms with van der Waals surface area (Å²) in [7, 11) is 0. The zero-order valence-electron chi connectivity index (χ0n) is 62.9. The van der Waals surface area contributed by atoms with E-state index in [0.717, 1.165) is 44.9 Å². The van der Waals surface area contributed by atoms with Gasteiger partial charge < -0.3 is 89.9 Å². The molecule has 3 heterocycles. The summed E-state index contributed by atoms with van der Waals surface area (Å²) in [4.78, 5) is 13.5. The molecule has 19 nitrogen and oxygen atoms in total. The van der Waals surface area contributed by atoms with Gasteiger partial charge in [0.15, 0.2) is 18.9 Å². The smallest absolute Gasteiger partial charge is 0.220 e. The fourth-order valence-electron chi connectivity index (χ4n) is 14.1. The Kier molecular flexibility index (Phi) is 57.3. The summed E-state index contributed by atoms with van der Waals surface area (Å²) in [5.41, 5.74) is 0. The van der Waals surface area contributed by atoms with E-state index < -0.39 is 124 Å². The molecule has 0 bridgehead atoms. The number of carbonyl (C=O) groups is 1. The van der Waals surface area contributed by atoms with Crippen molar-refractivity contribution < 1.29 is 89.4 Å². The lowest BCUT2D eigenvalue weighted by molar-refractivity contribution is -0.379. The number of unbranched alkanes of at least 4 members (excludes halogenated alkanes) is 46. The fourth-order valence-corrected chi connectivity index (χ4v) is 14.1. The summed E-state index contributed by atoms with van der Waals surface area (Å²) in [6.07, 6.45) is 50.0. The van der Waals surface area contributed by atoms with Gasteiger partial charge in [-0.05, 0) is 44.9 Å². The summed E-state index contributed by atoms with van der Waals surface area (Å²) in [5, 5.41) is 121. The first-order chi connectivity index (χ1) is 48.8. The van der Waals surface area contributed by atoms with Crippen LogP contribution in [0.15, 0.2) is 36.5 Å². The molecule has 0 aromatic heterocycles. The van der Waals surface area contributed by atoms with Gasteiger partial charge >= 0.3 is 0 Å². The molecule has 17 unspecified atom stereocenters. The second-order valence-corrected chi connectivity index (χ2v) is 29.6. The Morgan fingerprint density at radius 1 is 0.350 bits per heavy atom. The average Bonchev–Trinajstić information content (AvgIpc) is 0.783. The van der Waals surface area contributed by atoms with Gasteiger partial charge in [0.2, 0.25) is 5.91 Å². The third-order valence-corrected chi connectivity index (χ3v) is 20.7. The normalized spacial score (nSPS) is 26.6. The quantitative estimate of drug-likeness (QED) is 0.0199. The maximum absolute atomic E-state index is 13.5. The molecule has 12 N–H and O–H groups in total. The molecule has 100 heavy (non-hydrogen) atoms. The molecule has 3 fully saturated rings. The van der Waals surface area contributed by atoms with Crippen molar-refractivity contribution in [2.75, 3.05) is 26.4 Å². The number of carbonyl (C=O) groups excluding carboxylic acids is 1. The summed E-state index contributed by atoms with van der Waals surface area (Å²) in [6.45, 7) is 1.77. The van der Waals surface area contributed by atoms with E-state index in [-0.39, 0.29) is 18.9 Å². The standard InChI is InChI=1S/C81H151NO18/c1-3-5-7-9-11-13-15-17-19-21-23-25-27-29-30-31-32-33-35-36-38-40-42-44-46-48-50-52-54-56-58-65(86)64(82-69(87)59-57-55-53-51-49-47-45-43-41-39-37-34-28-26-24-22-20-18-16-14-12-10-8-6-4-2)63-95-79-75(93)72(90)77(67(61-84)97-79)100-81-76(94)73(91)78(68(62-85)98-81)99-80-74(92)71(89)70(88)66(60-83)96-80/h40,42,48,50,56,58,64-68,70-81,83-86,88-94H,3-39,41,43-47,49,51-55,57,59-63H2,1-2H3,(H,82,87)/b42-40+,50-48+,58-56+. The third kappa shape index (κ3) is 41.8. The molecule has 0 spiro atoms. The predicted octanol–water partition coefficient (Wildman–Crippen LogP) is 13.9. The van der Waals surface area contributed by atoms with Crippen LogP contribution in [-0.2, 0) is 33.2 Å². The lowest BCUT2D eigenvalue weighted by Gasteiger charge is -2.48. The van der Waals surface area contributed by atoms with Crippen molar-refractivity contribution in [2.45, 2.75) is 446 Å². The second kappa shape index (κ2) is 62.1. The van der Waals surface area contributed by atoms with E-state index in [0.29, 0.717) is 12.8 Å². The Labute approximate surface area is 606 Å². The molecular weight excluding hydrogens is 1270 g/mol. The van der Waals surface area contributed by atoms with E-state index in [2.05, 4.69) is 43.5 Å². The van der Waals surface area contributed by atoms with Gasteiger partial charge in [-0.25, -0.2) is 0 Å². The maximum atomic E-state index is 13.5. The molecule has 19 heteroatoms. The van der Waals surface area contributed by atoms with E-state index in [1.807, 2.05) is 6.08 Å². The highest BCUT2D eigenvalue weighted by atomic mass is 16.8. The van der Waals surface area contributed by atoms with Crippen molar-refractivity contribution in [3.05, 3.63) is 36.5 Å². The van der Waals surface area contributed by atoms with Gasteiger partial charge in [-0.2, -0.15) is 0 Å². The van der Waals surface area contributed by atoms with Crippen LogP contribution < -0.4 is 5.32 Å². The van der Waals surface area contributed by atoms with Gasteiger partial charge in [0.1, 0.15) is 73.2 Å². The zero-order valence-corrected chi connectivity index (χ0v) is 62.9. The Morgan fingerprint density at radius 2 is 0.640 bits per heavy atom. The van der Waals surface area contributed by atoms with Gasteiger partial charge in [0, 0.05) is 6.42 Å². The molecular formula is C81H151NO18. The molecule has 3 aliphatic rings. The molecule has 3 saturated heterocycles. The summed E-state index contributed by atoms with van der Waals surface area (Å²) < 4.78 is 34.4. The van der Waals surface area contributed by atoms with Crippen molar-refractivity contribution in [3.8, 4) is 0 Å². The number of ether oxygens (including phenoxy) is 6. The van der Waals surface area contributed by atoms with E-state index >= 15 is 0 Å². The summed E-state index contributed by atoms with van der Waals surface area (Å²) in [5.74, 6) is -0.282. The number of allylic oxidation sites excluding steroid dienone is 5. The minimum atomic E-state index is -1.98. The lowest BCUT2D eigenvalue weighted by Crippen LogP contribution is -2.66. The molecule has 17 atom stereocenters. The molecule has 3 rings (SSSR count). The van der Waals surface area contributed by atoms with Crippen LogP contribution in [0.2, 0.25) is 0 Å². The fraction of sp³-hybridized carbons (Fsp3) is 0.914. The first-order valence-electron chi connectivity index (χ1n) is 41.2. The molecule has 3 aliphatic heterocycles. The second-order valence-electron chi connectivity index (χ2n) is 29.6. The first-order valence-corrected chi connectivity index (χ1v) is 41.2. The summed E-state index contributed by atoms with van der Waals surface area (Å²) >= 11 is 0. The van der Waals surface area contributed by atoms with Crippen LogP contribution in [0.5, 0.6) is 0 Å². The number of hydrogen-bond donors (Lipinski definition) is 12. The predicted molar refractivity (Wildman–Crippen MR) is 397 cm³/mol. The van der Waals surface area contributed by atoms with Gasteiger partial charge in [0.05, 0.1) is 38.6 Å². The Morgan fingerprint density at radius 3 is 1.00 bits per heavy atom. The topological polar surface area (TPSA) is 307 Å². The minimum Gasteiger partial charge on any atom is -0.394 e. The molecule has 0 aromatic rings. The van der Waals surface area contributed by atoms with Crippen LogP contribution in [0.25, 0.3) is 0 Å². The minimum absolute atomic E-state index is 0.236. The first kappa shape index (κ1) is 92.2. The Hall–Kier alpha value is -1.99. The van der Waals surface area contributed by atoms with Crippen LogP contribution >= 0.6 is 0 Å². The highest BCUT2D eigenvalue weighted by molar-refractivity contribution is 5.76. The van der Waals surface area contributed by atoms with E-state index in [4.69, 9.17) is 28.4 Å². The largest absolute Gasteiger partial charge is 0.394 e. The molecule has 588 valence electrons. The third-order valence-electron chi connectivity index (χ3n) is 20.7. The van der Waals surface area contributed by atoms with Gasteiger partial charge in [0.25, 0.3) is 0 Å². The van der Waals surface area contributed by atoms with Crippen molar-refractivity contribution in [2.24, 2.45) is 0 Å². The van der Waals surface area contributed by atoms with Crippen LogP contribution in [-0.4, -0.2) is 193 Å². The maximum Gasteiger partial charge on any atom is 0.220 e. The Bertz CT molecular complexity index is 1950. The number of hydrogen-bond acceptors (Lipinski definition) is 18. The molecule has 0 radical (unpaired) electrons. The van der Waals surface area contributed by atoms with Crippen LogP contribution in [0, 0.1) is 0 Å². The molecule has 1 amide bonds. The Balaban J connectivity index is 1.39. The number of aliphatic hydroxyl groups is 11. The average molecular weight is 1430 g/mol. The van der Waals surface area contributed by atoms with Crippen LogP contribution in [0.3, 0.4) is 0 Å².